The molecule has 0 bridgehead atoms. The Morgan fingerprint density at radius 3 is 2.38 bits per heavy atom. The van der Waals surface area contributed by atoms with Crippen LogP contribution in [-0.2, 0) is 0 Å². The summed E-state index contributed by atoms with van der Waals surface area (Å²) in [7, 11) is 0. The van der Waals surface area contributed by atoms with Crippen molar-refractivity contribution in [2.45, 2.75) is 38.5 Å². The molecular weight excluding hydrogens is 199 g/mol. The van der Waals surface area contributed by atoms with Crippen LogP contribution in [0.3, 0.4) is 0 Å². The molecule has 1 aromatic rings. The third kappa shape index (κ3) is 3.10. The van der Waals surface area contributed by atoms with E-state index in [-0.39, 0.29) is 5.82 Å². The average molecular weight is 216 g/mol. The van der Waals surface area contributed by atoms with Crippen LogP contribution in [0, 0.1) is 23.6 Å². The Morgan fingerprint density at radius 2 is 1.69 bits per heavy atom. The van der Waals surface area contributed by atoms with E-state index in [9.17, 15) is 4.39 Å². The minimum atomic E-state index is -0.205. The predicted molar refractivity (Wildman–Crippen MR) is 64.5 cm³/mol. The number of halogens is 1. The molecule has 0 nitrogen and oxygen atoms in total. The summed E-state index contributed by atoms with van der Waals surface area (Å²) in [5, 5.41) is 0. The summed E-state index contributed by atoms with van der Waals surface area (Å²) in [6.07, 6.45) is 7.58. The maximum Gasteiger partial charge on any atom is 0.138 e. The second-order valence-corrected chi connectivity index (χ2v) is 4.44. The Morgan fingerprint density at radius 1 is 1.00 bits per heavy atom. The van der Waals surface area contributed by atoms with Crippen LogP contribution in [0.15, 0.2) is 24.3 Å². The lowest BCUT2D eigenvalue weighted by atomic mass is 10.0. The number of hydrogen-bond acceptors (Lipinski definition) is 0. The van der Waals surface area contributed by atoms with Gasteiger partial charge in [0.15, 0.2) is 0 Å². The van der Waals surface area contributed by atoms with Gasteiger partial charge in [-0.15, -0.1) is 0 Å². The third-order valence-electron chi connectivity index (χ3n) is 3.14. The molecule has 0 N–H and O–H groups in total. The van der Waals surface area contributed by atoms with Crippen molar-refractivity contribution in [2.24, 2.45) is 5.92 Å². The highest BCUT2D eigenvalue weighted by Gasteiger charge is 2.08. The van der Waals surface area contributed by atoms with Gasteiger partial charge < -0.3 is 0 Å². The van der Waals surface area contributed by atoms with Gasteiger partial charge >= 0.3 is 0 Å². The van der Waals surface area contributed by atoms with Gasteiger partial charge in [-0.1, -0.05) is 49.7 Å². The van der Waals surface area contributed by atoms with Gasteiger partial charge in [-0.25, -0.2) is 4.39 Å². The van der Waals surface area contributed by atoms with E-state index in [2.05, 4.69) is 11.8 Å². The van der Waals surface area contributed by atoms with Gasteiger partial charge in [0, 0.05) is 5.92 Å². The number of rotatable bonds is 0. The van der Waals surface area contributed by atoms with Crippen LogP contribution in [0.5, 0.6) is 0 Å². The van der Waals surface area contributed by atoms with Crippen molar-refractivity contribution in [1.82, 2.24) is 0 Å². The van der Waals surface area contributed by atoms with Crippen LogP contribution in [-0.4, -0.2) is 0 Å². The van der Waals surface area contributed by atoms with Crippen LogP contribution < -0.4 is 0 Å². The summed E-state index contributed by atoms with van der Waals surface area (Å²) in [6.45, 7) is 0. The van der Waals surface area contributed by atoms with E-state index in [0.717, 1.165) is 0 Å². The highest BCUT2D eigenvalue weighted by Crippen LogP contribution is 2.22. The molecule has 84 valence electrons. The molecule has 0 heterocycles. The first kappa shape index (κ1) is 11.2. The molecule has 1 heteroatoms. The second kappa shape index (κ2) is 5.70. The van der Waals surface area contributed by atoms with E-state index in [4.69, 9.17) is 0 Å². The van der Waals surface area contributed by atoms with E-state index < -0.39 is 0 Å². The monoisotopic (exact) mass is 216 g/mol. The van der Waals surface area contributed by atoms with Gasteiger partial charge in [0.05, 0.1) is 5.56 Å². The summed E-state index contributed by atoms with van der Waals surface area (Å²) < 4.78 is 13.3. The Labute approximate surface area is 96.9 Å². The zero-order chi connectivity index (χ0) is 11.2. The SMILES string of the molecule is Fc1ccccc1C#CC1CCCCCC1. The normalized spacial score (nSPS) is 17.3. The predicted octanol–water partition coefficient (Wildman–Crippen LogP) is 4.15. The molecule has 1 aliphatic rings. The molecule has 0 aliphatic heterocycles. The van der Waals surface area contributed by atoms with E-state index in [1.54, 1.807) is 12.1 Å². The smallest absolute Gasteiger partial charge is 0.138 e. The van der Waals surface area contributed by atoms with Gasteiger partial charge in [0.25, 0.3) is 0 Å². The lowest BCUT2D eigenvalue weighted by molar-refractivity contribution is 0.577. The fourth-order valence-electron chi connectivity index (χ4n) is 2.17. The largest absolute Gasteiger partial charge is 0.206 e. The standard InChI is InChI=1S/C15H17F/c16-15-10-6-5-9-14(15)12-11-13-7-3-1-2-4-8-13/h5-6,9-10,13H,1-4,7-8H2. The Kier molecular flexibility index (Phi) is 3.99. The second-order valence-electron chi connectivity index (χ2n) is 4.44. The summed E-state index contributed by atoms with van der Waals surface area (Å²) in [5.74, 6) is 6.48. The summed E-state index contributed by atoms with van der Waals surface area (Å²) in [6, 6.07) is 6.75. The summed E-state index contributed by atoms with van der Waals surface area (Å²) in [4.78, 5) is 0. The summed E-state index contributed by atoms with van der Waals surface area (Å²) in [5.41, 5.74) is 0.534. The first-order valence-corrected chi connectivity index (χ1v) is 6.12. The Hall–Kier alpha value is -1.29. The fourth-order valence-corrected chi connectivity index (χ4v) is 2.17. The van der Waals surface area contributed by atoms with Gasteiger partial charge in [0.2, 0.25) is 0 Å². The molecule has 0 radical (unpaired) electrons. The maximum absolute atomic E-state index is 13.3. The molecule has 1 fully saturated rings. The van der Waals surface area contributed by atoms with Gasteiger partial charge in [-0.05, 0) is 25.0 Å². The van der Waals surface area contributed by atoms with Gasteiger partial charge in [0.1, 0.15) is 5.82 Å². The van der Waals surface area contributed by atoms with Crippen LogP contribution in [0.2, 0.25) is 0 Å². The van der Waals surface area contributed by atoms with Crippen LogP contribution >= 0.6 is 0 Å². The molecular formula is C15H17F. The minimum Gasteiger partial charge on any atom is -0.206 e. The molecule has 0 atom stereocenters. The molecule has 0 spiro atoms. The Bertz CT molecular complexity index is 389. The van der Waals surface area contributed by atoms with Crippen molar-refractivity contribution in [1.29, 1.82) is 0 Å². The zero-order valence-electron chi connectivity index (χ0n) is 9.51. The van der Waals surface area contributed by atoms with Crippen LogP contribution in [0.25, 0.3) is 0 Å². The quantitative estimate of drug-likeness (QED) is 0.451. The lowest BCUT2D eigenvalue weighted by Crippen LogP contribution is -1.94. The van der Waals surface area contributed by atoms with E-state index >= 15 is 0 Å². The van der Waals surface area contributed by atoms with Crippen molar-refractivity contribution in [3.8, 4) is 11.8 Å². The lowest BCUT2D eigenvalue weighted by Gasteiger charge is -2.04. The van der Waals surface area contributed by atoms with Crippen LogP contribution in [0.1, 0.15) is 44.1 Å². The molecule has 16 heavy (non-hydrogen) atoms. The maximum atomic E-state index is 13.3. The van der Waals surface area contributed by atoms with Crippen LogP contribution in [0.4, 0.5) is 4.39 Å². The van der Waals surface area contributed by atoms with Gasteiger partial charge in [-0.2, -0.15) is 0 Å². The molecule has 0 unspecified atom stereocenters. The van der Waals surface area contributed by atoms with E-state index in [0.29, 0.717) is 11.5 Å². The molecule has 1 aromatic carbocycles. The van der Waals surface area contributed by atoms with E-state index in [1.807, 2.05) is 6.07 Å². The zero-order valence-corrected chi connectivity index (χ0v) is 9.51. The number of hydrogen-bond donors (Lipinski definition) is 0. The first-order chi connectivity index (χ1) is 7.86. The molecule has 2 rings (SSSR count). The van der Waals surface area contributed by atoms with Gasteiger partial charge in [-0.3, -0.25) is 0 Å². The molecule has 1 saturated carbocycles. The molecule has 0 amide bonds. The molecule has 0 aromatic heterocycles. The first-order valence-electron chi connectivity index (χ1n) is 6.12. The molecule has 0 saturated heterocycles. The highest BCUT2D eigenvalue weighted by molar-refractivity contribution is 5.35. The molecule has 1 aliphatic carbocycles. The van der Waals surface area contributed by atoms with Crippen molar-refractivity contribution in [2.75, 3.05) is 0 Å². The van der Waals surface area contributed by atoms with E-state index in [1.165, 1.54) is 44.6 Å². The van der Waals surface area contributed by atoms with Crippen molar-refractivity contribution >= 4 is 0 Å². The highest BCUT2D eigenvalue weighted by atomic mass is 19.1. The van der Waals surface area contributed by atoms with Crippen molar-refractivity contribution in [3.63, 3.8) is 0 Å². The van der Waals surface area contributed by atoms with Crippen molar-refractivity contribution < 1.29 is 4.39 Å². The van der Waals surface area contributed by atoms with Crippen molar-refractivity contribution in [3.05, 3.63) is 35.6 Å². The third-order valence-corrected chi connectivity index (χ3v) is 3.14. The average Bonchev–Trinajstić information content (AvgIpc) is 2.56. The minimum absolute atomic E-state index is 0.205. The number of benzene rings is 1. The fraction of sp³-hybridized carbons (Fsp3) is 0.467. The summed E-state index contributed by atoms with van der Waals surface area (Å²) >= 11 is 0. The topological polar surface area (TPSA) is 0 Å². The Balaban J connectivity index is 2.06.